The Morgan fingerprint density at radius 1 is 1.09 bits per heavy atom. The molecule has 0 radical (unpaired) electrons. The molecule has 0 aliphatic heterocycles. The Kier molecular flexibility index (Phi) is 3.34. The molecule has 3 aromatic rings. The van der Waals surface area contributed by atoms with E-state index in [0.29, 0.717) is 0 Å². The first kappa shape index (κ1) is 14.3. The van der Waals surface area contributed by atoms with Crippen LogP contribution in [0.1, 0.15) is 29.8 Å². The lowest BCUT2D eigenvalue weighted by atomic mass is 9.98. The molecule has 23 heavy (non-hydrogen) atoms. The molecular formula is C17H17N3O2S. The van der Waals surface area contributed by atoms with Crippen molar-refractivity contribution in [2.75, 3.05) is 0 Å². The van der Waals surface area contributed by atoms with E-state index in [1.165, 1.54) is 30.3 Å². The predicted molar refractivity (Wildman–Crippen MR) is 90.5 cm³/mol. The van der Waals surface area contributed by atoms with E-state index in [0.717, 1.165) is 29.4 Å². The summed E-state index contributed by atoms with van der Waals surface area (Å²) in [5.74, 6) is 0. The number of sulfonamides is 1. The zero-order valence-corrected chi connectivity index (χ0v) is 13.4. The monoisotopic (exact) mass is 327 g/mol. The molecule has 0 unspecified atom stereocenters. The molecule has 0 amide bonds. The third-order valence-electron chi connectivity index (χ3n) is 4.29. The van der Waals surface area contributed by atoms with Crippen LogP contribution in [0.15, 0.2) is 45.8 Å². The zero-order chi connectivity index (χ0) is 15.9. The molecule has 2 aromatic heterocycles. The van der Waals surface area contributed by atoms with E-state index in [1.807, 2.05) is 12.1 Å². The highest BCUT2D eigenvalue weighted by molar-refractivity contribution is 7.90. The van der Waals surface area contributed by atoms with Crippen molar-refractivity contribution in [3.05, 3.63) is 53.5 Å². The number of hydrogen-bond donors (Lipinski definition) is 2. The van der Waals surface area contributed by atoms with Crippen LogP contribution in [0.25, 0.3) is 10.9 Å². The van der Waals surface area contributed by atoms with Crippen molar-refractivity contribution in [3.63, 3.8) is 0 Å². The molecule has 0 atom stereocenters. The number of benzene rings is 1. The second-order valence-electron chi connectivity index (χ2n) is 5.87. The van der Waals surface area contributed by atoms with Crippen molar-refractivity contribution in [3.8, 4) is 0 Å². The first-order chi connectivity index (χ1) is 11.1. The SMILES string of the molecule is O=S(=O)(N=Cc1cc2c([nH]1)CCCC2)c1ccc2[nH]ccc2c1. The molecule has 2 N–H and O–H groups in total. The smallest absolute Gasteiger partial charge is 0.282 e. The quantitative estimate of drug-likeness (QED) is 0.725. The molecule has 1 aliphatic carbocycles. The highest BCUT2D eigenvalue weighted by Gasteiger charge is 2.14. The number of H-pyrrole nitrogens is 2. The molecule has 0 spiro atoms. The maximum Gasteiger partial charge on any atom is 0.282 e. The Hall–Kier alpha value is -2.34. The molecule has 0 saturated carbocycles. The van der Waals surface area contributed by atoms with Crippen LogP contribution in [0, 0.1) is 0 Å². The van der Waals surface area contributed by atoms with Crippen molar-refractivity contribution >= 4 is 27.1 Å². The zero-order valence-electron chi connectivity index (χ0n) is 12.5. The van der Waals surface area contributed by atoms with Crippen LogP contribution in [0.5, 0.6) is 0 Å². The van der Waals surface area contributed by atoms with Gasteiger partial charge in [-0.15, -0.1) is 0 Å². The van der Waals surface area contributed by atoms with E-state index in [1.54, 1.807) is 24.4 Å². The molecule has 0 bridgehead atoms. The predicted octanol–water partition coefficient (Wildman–Crippen LogP) is 3.18. The molecule has 1 aromatic carbocycles. The molecule has 0 saturated heterocycles. The van der Waals surface area contributed by atoms with Gasteiger partial charge in [-0.3, -0.25) is 0 Å². The van der Waals surface area contributed by atoms with E-state index in [4.69, 9.17) is 0 Å². The minimum absolute atomic E-state index is 0.206. The summed E-state index contributed by atoms with van der Waals surface area (Å²) in [5.41, 5.74) is 4.15. The number of hydrogen-bond acceptors (Lipinski definition) is 2. The van der Waals surface area contributed by atoms with Crippen molar-refractivity contribution in [1.82, 2.24) is 9.97 Å². The number of aromatic amines is 2. The molecule has 4 rings (SSSR count). The molecule has 5 nitrogen and oxygen atoms in total. The Morgan fingerprint density at radius 3 is 2.83 bits per heavy atom. The van der Waals surface area contributed by atoms with Crippen molar-refractivity contribution < 1.29 is 8.42 Å². The normalized spacial score (nSPS) is 15.3. The summed E-state index contributed by atoms with van der Waals surface area (Å²) in [6, 6.07) is 8.81. The van der Waals surface area contributed by atoms with Gasteiger partial charge < -0.3 is 9.97 Å². The second kappa shape index (κ2) is 5.38. The van der Waals surface area contributed by atoms with Gasteiger partial charge in [0.2, 0.25) is 0 Å². The molecule has 1 aliphatic rings. The van der Waals surface area contributed by atoms with Crippen molar-refractivity contribution in [2.24, 2.45) is 4.40 Å². The minimum atomic E-state index is -3.69. The minimum Gasteiger partial charge on any atom is -0.361 e. The lowest BCUT2D eigenvalue weighted by Crippen LogP contribution is -1.99. The number of aryl methyl sites for hydroxylation is 2. The fourth-order valence-corrected chi connectivity index (χ4v) is 3.97. The molecule has 118 valence electrons. The third-order valence-corrected chi connectivity index (χ3v) is 5.52. The van der Waals surface area contributed by atoms with Gasteiger partial charge in [-0.1, -0.05) is 0 Å². The van der Waals surface area contributed by atoms with Crippen LogP contribution in [0.4, 0.5) is 0 Å². The standard InChI is InChI=1S/C17H17N3O2S/c21-23(22,15-5-6-16-13(10-15)7-8-18-16)19-11-14-9-12-3-1-2-4-17(12)20-14/h5-11,18,20H,1-4H2. The van der Waals surface area contributed by atoms with E-state index >= 15 is 0 Å². The van der Waals surface area contributed by atoms with Gasteiger partial charge in [0.1, 0.15) is 0 Å². The van der Waals surface area contributed by atoms with Gasteiger partial charge in [0.15, 0.2) is 0 Å². The molecule has 6 heteroatoms. The number of nitrogens with one attached hydrogen (secondary N) is 2. The second-order valence-corrected chi connectivity index (χ2v) is 7.50. The van der Waals surface area contributed by atoms with Crippen molar-refractivity contribution in [2.45, 2.75) is 30.6 Å². The van der Waals surface area contributed by atoms with Crippen LogP contribution in [0.3, 0.4) is 0 Å². The average molecular weight is 327 g/mol. The van der Waals surface area contributed by atoms with Crippen LogP contribution < -0.4 is 0 Å². The average Bonchev–Trinajstić information content (AvgIpc) is 3.18. The van der Waals surface area contributed by atoms with Gasteiger partial charge >= 0.3 is 0 Å². The highest BCUT2D eigenvalue weighted by Crippen LogP contribution is 2.22. The Balaban J connectivity index is 1.64. The van der Waals surface area contributed by atoms with Gasteiger partial charge in [0.25, 0.3) is 10.0 Å². The van der Waals surface area contributed by atoms with Crippen LogP contribution in [-0.4, -0.2) is 24.6 Å². The fraction of sp³-hybridized carbons (Fsp3) is 0.235. The van der Waals surface area contributed by atoms with Gasteiger partial charge in [-0.2, -0.15) is 12.8 Å². The summed E-state index contributed by atoms with van der Waals surface area (Å²) in [5, 5.41) is 0.858. The summed E-state index contributed by atoms with van der Waals surface area (Å²) in [6.07, 6.45) is 7.65. The van der Waals surface area contributed by atoms with E-state index < -0.39 is 10.0 Å². The Bertz CT molecular complexity index is 972. The first-order valence-corrected chi connectivity index (χ1v) is 9.14. The topological polar surface area (TPSA) is 78.1 Å². The number of nitrogens with zero attached hydrogens (tertiary/aromatic N) is 1. The molecular weight excluding hydrogens is 310 g/mol. The third kappa shape index (κ3) is 2.70. The van der Waals surface area contributed by atoms with Crippen LogP contribution >= 0.6 is 0 Å². The first-order valence-electron chi connectivity index (χ1n) is 7.70. The Labute approximate surface area is 134 Å². The van der Waals surface area contributed by atoms with Crippen LogP contribution in [0.2, 0.25) is 0 Å². The number of rotatable bonds is 3. The van der Waals surface area contributed by atoms with Gasteiger partial charge in [0, 0.05) is 22.8 Å². The largest absolute Gasteiger partial charge is 0.361 e. The van der Waals surface area contributed by atoms with Gasteiger partial charge in [-0.05, 0) is 61.6 Å². The van der Waals surface area contributed by atoms with E-state index in [-0.39, 0.29) is 4.90 Å². The van der Waals surface area contributed by atoms with E-state index in [9.17, 15) is 8.42 Å². The summed E-state index contributed by atoms with van der Waals surface area (Å²) >= 11 is 0. The fourth-order valence-electron chi connectivity index (χ4n) is 3.08. The number of fused-ring (bicyclic) bond motifs is 2. The molecule has 0 fully saturated rings. The summed E-state index contributed by atoms with van der Waals surface area (Å²) < 4.78 is 28.6. The lowest BCUT2D eigenvalue weighted by Gasteiger charge is -2.08. The Morgan fingerprint density at radius 2 is 1.96 bits per heavy atom. The lowest BCUT2D eigenvalue weighted by molar-refractivity contribution is 0.598. The molecule has 2 heterocycles. The van der Waals surface area contributed by atoms with Gasteiger partial charge in [-0.25, -0.2) is 0 Å². The highest BCUT2D eigenvalue weighted by atomic mass is 32.2. The summed E-state index contributed by atoms with van der Waals surface area (Å²) in [7, 11) is -3.69. The van der Waals surface area contributed by atoms with E-state index in [2.05, 4.69) is 14.4 Å². The van der Waals surface area contributed by atoms with Crippen LogP contribution in [-0.2, 0) is 22.9 Å². The maximum atomic E-state index is 12.4. The summed E-state index contributed by atoms with van der Waals surface area (Å²) in [4.78, 5) is 6.52. The number of aromatic nitrogens is 2. The maximum absolute atomic E-state index is 12.4. The van der Waals surface area contributed by atoms with Crippen molar-refractivity contribution in [1.29, 1.82) is 0 Å². The summed E-state index contributed by atoms with van der Waals surface area (Å²) in [6.45, 7) is 0. The van der Waals surface area contributed by atoms with Gasteiger partial charge in [0.05, 0.1) is 16.8 Å².